The van der Waals surface area contributed by atoms with Gasteiger partial charge in [-0.3, -0.25) is 14.8 Å². The van der Waals surface area contributed by atoms with E-state index in [1.165, 1.54) is 0 Å². The minimum absolute atomic E-state index is 0.128. The van der Waals surface area contributed by atoms with E-state index in [9.17, 15) is 9.59 Å². The fourth-order valence-electron chi connectivity index (χ4n) is 3.08. The van der Waals surface area contributed by atoms with Crippen LogP contribution in [0.4, 0.5) is 0 Å². The number of benzene rings is 3. The van der Waals surface area contributed by atoms with E-state index in [-0.39, 0.29) is 11.2 Å². The van der Waals surface area contributed by atoms with Crippen molar-refractivity contribution in [2.45, 2.75) is 0 Å². The molecule has 0 bridgehead atoms. The second-order valence-corrected chi connectivity index (χ2v) is 5.68. The summed E-state index contributed by atoms with van der Waals surface area (Å²) in [5.41, 5.74) is 0.461. The zero-order valence-corrected chi connectivity index (χ0v) is 12.3. The smallest absolute Gasteiger partial charge is 0.290 e. The molecule has 0 spiro atoms. The number of aromatic nitrogens is 4. The summed E-state index contributed by atoms with van der Waals surface area (Å²) >= 11 is 0. The van der Waals surface area contributed by atoms with Crippen LogP contribution in [-0.2, 0) is 0 Å². The molecule has 0 amide bonds. The molecule has 0 saturated heterocycles. The van der Waals surface area contributed by atoms with Crippen LogP contribution in [0.3, 0.4) is 0 Å². The molecule has 2 aromatic heterocycles. The van der Waals surface area contributed by atoms with Crippen LogP contribution in [0, 0.1) is 0 Å². The van der Waals surface area contributed by atoms with Crippen molar-refractivity contribution in [1.82, 2.24) is 19.9 Å². The number of fused-ring (bicyclic) bond motifs is 5. The summed E-state index contributed by atoms with van der Waals surface area (Å²) in [5, 5.41) is 4.18. The summed E-state index contributed by atoms with van der Waals surface area (Å²) < 4.78 is 0. The highest BCUT2D eigenvalue weighted by Gasteiger charge is 2.10. The molecular weight excluding hydrogens is 304 g/mol. The van der Waals surface area contributed by atoms with Gasteiger partial charge in [-0.1, -0.05) is 30.3 Å². The molecule has 0 aliphatic carbocycles. The first-order valence-corrected chi connectivity index (χ1v) is 7.45. The Hall–Kier alpha value is -3.54. The molecule has 2 N–H and O–H groups in total. The van der Waals surface area contributed by atoms with Gasteiger partial charge in [-0.25, -0.2) is 14.8 Å². The summed E-state index contributed by atoms with van der Waals surface area (Å²) in [6.45, 7) is 0. The van der Waals surface area contributed by atoms with Crippen molar-refractivity contribution in [2.24, 2.45) is 0 Å². The highest BCUT2D eigenvalue weighted by atomic mass is 16.2. The topological polar surface area (TPSA) is 91.5 Å². The molecule has 6 nitrogen and oxygen atoms in total. The lowest BCUT2D eigenvalue weighted by Gasteiger charge is -2.06. The van der Waals surface area contributed by atoms with E-state index in [0.29, 0.717) is 11.0 Å². The third kappa shape index (κ3) is 1.77. The molecule has 24 heavy (non-hydrogen) atoms. The molecule has 3 aromatic carbocycles. The second-order valence-electron chi connectivity index (χ2n) is 5.68. The zero-order chi connectivity index (χ0) is 16.3. The van der Waals surface area contributed by atoms with E-state index in [0.717, 1.165) is 21.5 Å². The summed E-state index contributed by atoms with van der Waals surface area (Å²) in [6, 6.07) is 16.0. The van der Waals surface area contributed by atoms with Gasteiger partial charge in [-0.2, -0.15) is 0 Å². The van der Waals surface area contributed by atoms with E-state index in [1.807, 2.05) is 36.4 Å². The van der Waals surface area contributed by atoms with Crippen molar-refractivity contribution in [3.05, 3.63) is 69.4 Å². The van der Waals surface area contributed by atoms with Crippen LogP contribution in [0.5, 0.6) is 0 Å². The number of hydrogen-bond acceptors (Lipinski definition) is 4. The van der Waals surface area contributed by atoms with Gasteiger partial charge in [0.2, 0.25) is 0 Å². The third-order valence-corrected chi connectivity index (χ3v) is 4.19. The average molecular weight is 314 g/mol. The minimum Gasteiger partial charge on any atom is -0.290 e. The molecule has 114 valence electrons. The maximum atomic E-state index is 12.0. The molecule has 0 radical (unpaired) electrons. The Morgan fingerprint density at radius 2 is 1.54 bits per heavy atom. The van der Waals surface area contributed by atoms with Crippen LogP contribution >= 0.6 is 0 Å². The number of hydrogen-bond donors (Lipinski definition) is 2. The third-order valence-electron chi connectivity index (χ3n) is 4.19. The molecule has 0 aliphatic heterocycles. The molecule has 5 rings (SSSR count). The Morgan fingerprint density at radius 3 is 2.38 bits per heavy atom. The molecule has 5 aromatic rings. The Kier molecular flexibility index (Phi) is 2.42. The Bertz CT molecular complexity index is 1400. The van der Waals surface area contributed by atoms with Gasteiger partial charge in [0.15, 0.2) is 11.2 Å². The second kappa shape index (κ2) is 4.48. The quantitative estimate of drug-likeness (QED) is 0.339. The first-order valence-electron chi connectivity index (χ1n) is 7.45. The number of aromatic amines is 2. The number of H-pyrrole nitrogens is 2. The van der Waals surface area contributed by atoms with Gasteiger partial charge in [-0.15, -0.1) is 0 Å². The highest BCUT2D eigenvalue weighted by Crippen LogP contribution is 2.28. The van der Waals surface area contributed by atoms with Crippen LogP contribution in [0.15, 0.2) is 58.1 Å². The molecule has 0 unspecified atom stereocenters. The molecule has 0 saturated carbocycles. The first-order chi connectivity index (χ1) is 11.7. The minimum atomic E-state index is -0.590. The van der Waals surface area contributed by atoms with Crippen LogP contribution in [0.25, 0.3) is 43.7 Å². The van der Waals surface area contributed by atoms with Gasteiger partial charge in [0, 0.05) is 5.39 Å². The van der Waals surface area contributed by atoms with Crippen LogP contribution in [0.1, 0.15) is 0 Å². The van der Waals surface area contributed by atoms with Crippen molar-refractivity contribution in [3.63, 3.8) is 0 Å². The van der Waals surface area contributed by atoms with Crippen molar-refractivity contribution >= 4 is 43.7 Å². The standard InChI is InChI=1S/C18H10N4O2/c23-17-15-16(21-18(24)22-17)19-13-6-5-11-7-9-3-1-2-4-10(9)8-12(11)14(13)20-15/h1-8H,(H2,19,21,22,23,24). The number of rotatable bonds is 0. The predicted octanol–water partition coefficient (Wildman–Crippen LogP) is 2.47. The van der Waals surface area contributed by atoms with Crippen LogP contribution in [-0.4, -0.2) is 19.9 Å². The number of nitrogens with zero attached hydrogens (tertiary/aromatic N) is 2. The van der Waals surface area contributed by atoms with Gasteiger partial charge >= 0.3 is 5.69 Å². The molecule has 0 fully saturated rings. The van der Waals surface area contributed by atoms with Crippen LogP contribution < -0.4 is 11.2 Å². The fourth-order valence-corrected chi connectivity index (χ4v) is 3.08. The fraction of sp³-hybridized carbons (Fsp3) is 0. The molecular formula is C18H10N4O2. The van der Waals surface area contributed by atoms with Crippen molar-refractivity contribution < 1.29 is 0 Å². The van der Waals surface area contributed by atoms with Crippen molar-refractivity contribution in [2.75, 3.05) is 0 Å². The lowest BCUT2D eigenvalue weighted by Crippen LogP contribution is -2.23. The van der Waals surface area contributed by atoms with Gasteiger partial charge in [0.05, 0.1) is 11.0 Å². The zero-order valence-electron chi connectivity index (χ0n) is 12.3. The maximum Gasteiger partial charge on any atom is 0.327 e. The van der Waals surface area contributed by atoms with E-state index in [1.54, 1.807) is 0 Å². The maximum absolute atomic E-state index is 12.0. The average Bonchev–Trinajstić information content (AvgIpc) is 2.58. The summed E-state index contributed by atoms with van der Waals surface area (Å²) in [7, 11) is 0. The highest BCUT2D eigenvalue weighted by molar-refractivity contribution is 6.10. The lowest BCUT2D eigenvalue weighted by molar-refractivity contribution is 1.05. The Balaban J connectivity index is 2.02. The van der Waals surface area contributed by atoms with E-state index < -0.39 is 11.2 Å². The molecule has 0 aliphatic rings. The van der Waals surface area contributed by atoms with Gasteiger partial charge < -0.3 is 0 Å². The normalized spacial score (nSPS) is 11.7. The molecule has 6 heteroatoms. The first kappa shape index (κ1) is 13.0. The monoisotopic (exact) mass is 314 g/mol. The van der Waals surface area contributed by atoms with Gasteiger partial charge in [-0.05, 0) is 34.4 Å². The Morgan fingerprint density at radius 1 is 0.750 bits per heavy atom. The number of nitrogens with one attached hydrogen (secondary N) is 2. The molecule has 0 atom stereocenters. The van der Waals surface area contributed by atoms with Gasteiger partial charge in [0.25, 0.3) is 5.56 Å². The molecule has 2 heterocycles. The SMILES string of the molecule is O=c1[nH]c(=O)c2nc3c(ccc4cc5ccccc5cc43)nc2[nH]1. The Labute approximate surface area is 133 Å². The largest absolute Gasteiger partial charge is 0.327 e. The van der Waals surface area contributed by atoms with E-state index in [2.05, 4.69) is 32.1 Å². The summed E-state index contributed by atoms with van der Waals surface area (Å²) in [5.74, 6) is 0. The van der Waals surface area contributed by atoms with E-state index >= 15 is 0 Å². The predicted molar refractivity (Wildman–Crippen MR) is 93.3 cm³/mol. The van der Waals surface area contributed by atoms with Crippen LogP contribution in [0.2, 0.25) is 0 Å². The van der Waals surface area contributed by atoms with E-state index in [4.69, 9.17) is 0 Å². The summed E-state index contributed by atoms with van der Waals surface area (Å²) in [6.07, 6.45) is 0. The van der Waals surface area contributed by atoms with Crippen molar-refractivity contribution in [1.29, 1.82) is 0 Å². The van der Waals surface area contributed by atoms with Crippen molar-refractivity contribution in [3.8, 4) is 0 Å². The lowest BCUT2D eigenvalue weighted by atomic mass is 10.0. The van der Waals surface area contributed by atoms with Gasteiger partial charge in [0.1, 0.15) is 0 Å². The summed E-state index contributed by atoms with van der Waals surface area (Å²) in [4.78, 5) is 37.0.